The monoisotopic (exact) mass is 583 g/mol. The van der Waals surface area contributed by atoms with Gasteiger partial charge in [0.05, 0.1) is 7.11 Å². The molecule has 3 heterocycles. The van der Waals surface area contributed by atoms with Crippen molar-refractivity contribution in [3.05, 3.63) is 106 Å². The van der Waals surface area contributed by atoms with Gasteiger partial charge in [0, 0.05) is 47.0 Å². The molecule has 2 aliphatic rings. The Hall–Kier alpha value is -4.23. The number of carbonyl (C=O) groups is 2. The van der Waals surface area contributed by atoms with Crippen LogP contribution in [0.5, 0.6) is 5.75 Å². The number of aromatic nitrogens is 1. The molecule has 0 saturated heterocycles. The van der Waals surface area contributed by atoms with Gasteiger partial charge in [-0.25, -0.2) is 4.79 Å². The zero-order valence-corrected chi connectivity index (χ0v) is 25.0. The number of nitrogens with one attached hydrogen (secondary N) is 1. The van der Waals surface area contributed by atoms with Crippen molar-refractivity contribution in [1.82, 2.24) is 14.8 Å². The van der Waals surface area contributed by atoms with Gasteiger partial charge >= 0.3 is 6.09 Å². The number of hydrogen-bond donors (Lipinski definition) is 1. The van der Waals surface area contributed by atoms with Gasteiger partial charge in [-0.3, -0.25) is 4.79 Å². The van der Waals surface area contributed by atoms with Crippen LogP contribution in [0.1, 0.15) is 66.0 Å². The van der Waals surface area contributed by atoms with Gasteiger partial charge in [-0.1, -0.05) is 48.0 Å². The van der Waals surface area contributed by atoms with Crippen LogP contribution >= 0.6 is 11.6 Å². The van der Waals surface area contributed by atoms with Crippen LogP contribution in [0.15, 0.2) is 72.8 Å². The lowest BCUT2D eigenvalue weighted by molar-refractivity contribution is 0.0270. The Morgan fingerprint density at radius 2 is 1.86 bits per heavy atom. The van der Waals surface area contributed by atoms with Crippen molar-refractivity contribution in [2.24, 2.45) is 0 Å². The number of methoxy groups -OCH3 is 1. The summed E-state index contributed by atoms with van der Waals surface area (Å²) in [6, 6.07) is 21.3. The van der Waals surface area contributed by atoms with Crippen LogP contribution in [0.3, 0.4) is 0 Å². The molecule has 216 valence electrons. The third kappa shape index (κ3) is 5.37. The summed E-state index contributed by atoms with van der Waals surface area (Å²) in [6.07, 6.45) is 2.43. The molecule has 7 nitrogen and oxygen atoms in total. The molecule has 8 heteroatoms. The number of fused-ring (bicyclic) bond motifs is 2. The van der Waals surface area contributed by atoms with Gasteiger partial charge in [-0.15, -0.1) is 0 Å². The third-order valence-electron chi connectivity index (χ3n) is 7.82. The summed E-state index contributed by atoms with van der Waals surface area (Å²) in [4.78, 5) is 33.8. The van der Waals surface area contributed by atoms with Gasteiger partial charge in [-0.2, -0.15) is 0 Å². The van der Waals surface area contributed by atoms with Crippen molar-refractivity contribution in [3.8, 4) is 5.75 Å². The fourth-order valence-corrected chi connectivity index (χ4v) is 6.00. The van der Waals surface area contributed by atoms with Crippen LogP contribution in [0, 0.1) is 0 Å². The number of nitrogens with zero attached hydrogens (tertiary/aromatic N) is 2. The van der Waals surface area contributed by atoms with E-state index in [4.69, 9.17) is 21.1 Å². The number of hydrogen-bond acceptors (Lipinski definition) is 4. The van der Waals surface area contributed by atoms with E-state index >= 15 is 0 Å². The fraction of sp³-hybridized carbons (Fsp3) is 0.294. The Kier molecular flexibility index (Phi) is 7.23. The first-order valence-corrected chi connectivity index (χ1v) is 14.5. The molecule has 4 aromatic rings. The molecule has 0 bridgehead atoms. The minimum atomic E-state index is -0.535. The summed E-state index contributed by atoms with van der Waals surface area (Å²) in [5.41, 5.74) is 5.93. The number of H-pyrrole nitrogens is 1. The highest BCUT2D eigenvalue weighted by Gasteiger charge is 2.37. The Bertz CT molecular complexity index is 1680. The molecular weight excluding hydrogens is 550 g/mol. The topological polar surface area (TPSA) is 74.9 Å². The summed E-state index contributed by atoms with van der Waals surface area (Å²) < 4.78 is 11.3. The first kappa shape index (κ1) is 27.9. The SMILES string of the molecule is COc1ccc(Cl)cc1[C@H](c1cc2ccccc2[nH]1)N1Cc2ccc(C3=CCN(C(=O)OC(C)(C)C)CC3)cc2C1=O. The van der Waals surface area contributed by atoms with Gasteiger partial charge in [0.25, 0.3) is 5.91 Å². The smallest absolute Gasteiger partial charge is 0.410 e. The number of halogens is 1. The lowest BCUT2D eigenvalue weighted by Crippen LogP contribution is -2.39. The number of ether oxygens (including phenoxy) is 2. The second-order valence-corrected chi connectivity index (χ2v) is 12.2. The molecule has 1 atom stereocenters. The Morgan fingerprint density at radius 3 is 2.57 bits per heavy atom. The van der Waals surface area contributed by atoms with E-state index in [1.807, 2.05) is 68.1 Å². The highest BCUT2D eigenvalue weighted by molar-refractivity contribution is 6.30. The molecular formula is C34H34ClN3O4. The molecule has 42 heavy (non-hydrogen) atoms. The normalized spacial score (nSPS) is 15.9. The largest absolute Gasteiger partial charge is 0.496 e. The summed E-state index contributed by atoms with van der Waals surface area (Å²) in [6.45, 7) is 7.09. The average molecular weight is 584 g/mol. The maximum atomic E-state index is 14.1. The Labute approximate surface area is 250 Å². The van der Waals surface area contributed by atoms with E-state index in [0.29, 0.717) is 42.4 Å². The van der Waals surface area contributed by atoms with Crippen molar-refractivity contribution < 1.29 is 19.1 Å². The quantitative estimate of drug-likeness (QED) is 0.262. The van der Waals surface area contributed by atoms with E-state index in [1.54, 1.807) is 18.1 Å². The summed E-state index contributed by atoms with van der Waals surface area (Å²) in [7, 11) is 1.63. The molecule has 1 aromatic heterocycles. The first-order chi connectivity index (χ1) is 20.1. The lowest BCUT2D eigenvalue weighted by Gasteiger charge is -2.29. The second-order valence-electron chi connectivity index (χ2n) is 11.8. The highest BCUT2D eigenvalue weighted by atomic mass is 35.5. The van der Waals surface area contributed by atoms with Crippen LogP contribution in [0.25, 0.3) is 16.5 Å². The molecule has 0 unspecified atom stereocenters. The molecule has 2 amide bonds. The summed E-state index contributed by atoms with van der Waals surface area (Å²) in [5, 5.41) is 1.64. The molecule has 2 aliphatic heterocycles. The predicted molar refractivity (Wildman–Crippen MR) is 165 cm³/mol. The summed E-state index contributed by atoms with van der Waals surface area (Å²) in [5.74, 6) is 0.610. The van der Waals surface area contributed by atoms with Crippen LogP contribution in [0.2, 0.25) is 5.02 Å². The second kappa shape index (κ2) is 10.9. The van der Waals surface area contributed by atoms with Crippen molar-refractivity contribution in [2.45, 2.75) is 45.4 Å². The van der Waals surface area contributed by atoms with E-state index in [9.17, 15) is 9.59 Å². The van der Waals surface area contributed by atoms with E-state index in [2.05, 4.69) is 29.3 Å². The first-order valence-electron chi connectivity index (χ1n) is 14.1. The zero-order valence-electron chi connectivity index (χ0n) is 24.2. The molecule has 0 saturated carbocycles. The Morgan fingerprint density at radius 1 is 1.05 bits per heavy atom. The standard InChI is InChI=1S/C34H34ClN3O4/c1-34(2,3)42-33(40)37-15-13-21(14-16-37)22-9-10-24-20-38(32(39)26(24)17-22)31(27-19-25(35)11-12-30(27)41-4)29-18-23-7-5-6-8-28(23)36-29/h5-13,17-19,31,36H,14-16,20H2,1-4H3/t31-/m1/s1. The van der Waals surface area contributed by atoms with Crippen LogP contribution < -0.4 is 4.74 Å². The lowest BCUT2D eigenvalue weighted by atomic mass is 9.96. The number of rotatable bonds is 5. The minimum absolute atomic E-state index is 0.0516. The van der Waals surface area contributed by atoms with Crippen molar-refractivity contribution in [3.63, 3.8) is 0 Å². The maximum absolute atomic E-state index is 14.1. The zero-order chi connectivity index (χ0) is 29.6. The van der Waals surface area contributed by atoms with Crippen LogP contribution in [0.4, 0.5) is 4.79 Å². The van der Waals surface area contributed by atoms with Crippen LogP contribution in [-0.4, -0.2) is 52.6 Å². The molecule has 1 N–H and O–H groups in total. The predicted octanol–water partition coefficient (Wildman–Crippen LogP) is 7.60. The molecule has 0 aliphatic carbocycles. The number of amides is 2. The summed E-state index contributed by atoms with van der Waals surface area (Å²) >= 11 is 6.48. The number of benzene rings is 3. The number of aromatic amines is 1. The minimum Gasteiger partial charge on any atom is -0.496 e. The van der Waals surface area contributed by atoms with Gasteiger partial charge in [-0.05, 0) is 85.7 Å². The van der Waals surface area contributed by atoms with Crippen molar-refractivity contribution in [2.75, 3.05) is 20.2 Å². The van der Waals surface area contributed by atoms with Gasteiger partial charge in [0.1, 0.15) is 17.4 Å². The number of carbonyl (C=O) groups excluding carboxylic acids is 2. The van der Waals surface area contributed by atoms with E-state index < -0.39 is 11.6 Å². The molecule has 0 spiro atoms. The third-order valence-corrected chi connectivity index (χ3v) is 8.05. The number of para-hydroxylation sites is 1. The van der Waals surface area contributed by atoms with Crippen LogP contribution in [-0.2, 0) is 11.3 Å². The van der Waals surface area contributed by atoms with Gasteiger partial charge in [0.15, 0.2) is 0 Å². The molecule has 0 radical (unpaired) electrons. The molecule has 0 fully saturated rings. The van der Waals surface area contributed by atoms with Gasteiger partial charge < -0.3 is 24.3 Å². The van der Waals surface area contributed by atoms with E-state index in [-0.39, 0.29) is 12.0 Å². The maximum Gasteiger partial charge on any atom is 0.410 e. The van der Waals surface area contributed by atoms with Crippen molar-refractivity contribution >= 4 is 40.1 Å². The fourth-order valence-electron chi connectivity index (χ4n) is 5.82. The highest BCUT2D eigenvalue weighted by Crippen LogP contribution is 2.41. The molecule has 6 rings (SSSR count). The van der Waals surface area contributed by atoms with E-state index in [0.717, 1.165) is 38.9 Å². The van der Waals surface area contributed by atoms with E-state index in [1.165, 1.54) is 0 Å². The van der Waals surface area contributed by atoms with Crippen molar-refractivity contribution in [1.29, 1.82) is 0 Å². The van der Waals surface area contributed by atoms with Gasteiger partial charge in [0.2, 0.25) is 0 Å². The Balaban J connectivity index is 1.32. The average Bonchev–Trinajstić information content (AvgIpc) is 3.53. The molecule has 3 aromatic carbocycles.